The molecule has 0 bridgehead atoms. The van der Waals surface area contributed by atoms with Gasteiger partial charge in [-0.2, -0.15) is 0 Å². The van der Waals surface area contributed by atoms with Crippen molar-refractivity contribution in [1.29, 1.82) is 0 Å². The minimum Gasteiger partial charge on any atom is -0.493 e. The van der Waals surface area contributed by atoms with E-state index in [-0.39, 0.29) is 6.61 Å². The zero-order valence-electron chi connectivity index (χ0n) is 16.9. The SMILES string of the molecule is COc1ccc(CCNCC(O)COc2cccc3c2CCN3C=O)cc1OC. The molecule has 0 saturated carbocycles. The molecule has 1 aliphatic rings. The van der Waals surface area contributed by atoms with Gasteiger partial charge in [0.25, 0.3) is 0 Å². The highest BCUT2D eigenvalue weighted by atomic mass is 16.5. The Morgan fingerprint density at radius 1 is 1.17 bits per heavy atom. The van der Waals surface area contributed by atoms with E-state index in [9.17, 15) is 9.90 Å². The molecule has 3 rings (SSSR count). The third-order valence-electron chi connectivity index (χ3n) is 5.00. The van der Waals surface area contributed by atoms with Gasteiger partial charge in [-0.1, -0.05) is 12.1 Å². The Morgan fingerprint density at radius 2 is 2.00 bits per heavy atom. The van der Waals surface area contributed by atoms with E-state index in [0.717, 1.165) is 48.4 Å². The lowest BCUT2D eigenvalue weighted by Gasteiger charge is -2.16. The first-order valence-corrected chi connectivity index (χ1v) is 9.72. The minimum absolute atomic E-state index is 0.195. The van der Waals surface area contributed by atoms with Gasteiger partial charge in [-0.15, -0.1) is 0 Å². The predicted octanol–water partition coefficient (Wildman–Crippen LogP) is 1.79. The molecule has 0 radical (unpaired) electrons. The van der Waals surface area contributed by atoms with Crippen LogP contribution >= 0.6 is 0 Å². The summed E-state index contributed by atoms with van der Waals surface area (Å²) in [7, 11) is 3.24. The van der Waals surface area contributed by atoms with Gasteiger partial charge in [-0.05, 0) is 49.2 Å². The van der Waals surface area contributed by atoms with Crippen molar-refractivity contribution < 1.29 is 24.1 Å². The number of methoxy groups -OCH3 is 2. The highest BCUT2D eigenvalue weighted by Crippen LogP contribution is 2.34. The second-order valence-corrected chi connectivity index (χ2v) is 6.91. The van der Waals surface area contributed by atoms with Crippen LogP contribution in [0.1, 0.15) is 11.1 Å². The van der Waals surface area contributed by atoms with Gasteiger partial charge in [0.1, 0.15) is 18.5 Å². The van der Waals surface area contributed by atoms with E-state index < -0.39 is 6.10 Å². The van der Waals surface area contributed by atoms with E-state index in [4.69, 9.17) is 14.2 Å². The molecule has 0 saturated heterocycles. The van der Waals surface area contributed by atoms with Crippen molar-refractivity contribution in [2.75, 3.05) is 45.4 Å². The van der Waals surface area contributed by atoms with E-state index in [1.807, 2.05) is 36.4 Å². The monoisotopic (exact) mass is 400 g/mol. The zero-order chi connectivity index (χ0) is 20.6. The minimum atomic E-state index is -0.625. The predicted molar refractivity (Wildman–Crippen MR) is 111 cm³/mol. The third-order valence-corrected chi connectivity index (χ3v) is 5.00. The number of nitrogens with one attached hydrogen (secondary N) is 1. The van der Waals surface area contributed by atoms with Crippen LogP contribution in [-0.2, 0) is 17.6 Å². The zero-order valence-corrected chi connectivity index (χ0v) is 16.9. The molecule has 7 heteroatoms. The van der Waals surface area contributed by atoms with E-state index in [1.54, 1.807) is 19.1 Å². The second-order valence-electron chi connectivity index (χ2n) is 6.91. The maximum absolute atomic E-state index is 11.1. The number of ether oxygens (including phenoxy) is 3. The summed E-state index contributed by atoms with van der Waals surface area (Å²) in [5.41, 5.74) is 3.04. The molecule has 2 aromatic carbocycles. The molecule has 2 aromatic rings. The number of amides is 1. The van der Waals surface area contributed by atoms with Gasteiger partial charge in [0, 0.05) is 18.7 Å². The van der Waals surface area contributed by atoms with Crippen LogP contribution in [0.15, 0.2) is 36.4 Å². The molecular weight excluding hydrogens is 372 g/mol. The molecule has 0 aromatic heterocycles. The van der Waals surface area contributed by atoms with E-state index in [1.165, 1.54) is 0 Å². The molecule has 7 nitrogen and oxygen atoms in total. The molecule has 156 valence electrons. The Morgan fingerprint density at radius 3 is 2.76 bits per heavy atom. The van der Waals surface area contributed by atoms with Gasteiger partial charge in [-0.3, -0.25) is 4.79 Å². The lowest BCUT2D eigenvalue weighted by Crippen LogP contribution is -2.32. The maximum atomic E-state index is 11.1. The fourth-order valence-corrected chi connectivity index (χ4v) is 3.45. The highest BCUT2D eigenvalue weighted by Gasteiger charge is 2.22. The molecule has 1 atom stereocenters. The fourth-order valence-electron chi connectivity index (χ4n) is 3.45. The van der Waals surface area contributed by atoms with Crippen molar-refractivity contribution in [1.82, 2.24) is 5.32 Å². The number of rotatable bonds is 11. The molecule has 2 N–H and O–H groups in total. The van der Waals surface area contributed by atoms with E-state index >= 15 is 0 Å². The fraction of sp³-hybridized carbons (Fsp3) is 0.409. The van der Waals surface area contributed by atoms with Crippen molar-refractivity contribution in [3.63, 3.8) is 0 Å². The number of benzene rings is 2. The van der Waals surface area contributed by atoms with Crippen molar-refractivity contribution in [3.05, 3.63) is 47.5 Å². The number of nitrogens with zero attached hydrogens (tertiary/aromatic N) is 1. The Bertz CT molecular complexity index is 827. The van der Waals surface area contributed by atoms with Crippen LogP contribution in [0.25, 0.3) is 0 Å². The van der Waals surface area contributed by atoms with E-state index in [2.05, 4.69) is 5.32 Å². The summed E-state index contributed by atoms with van der Waals surface area (Å²) < 4.78 is 16.4. The molecule has 0 spiro atoms. The van der Waals surface area contributed by atoms with Gasteiger partial charge in [0.2, 0.25) is 6.41 Å². The number of carbonyl (C=O) groups excluding carboxylic acids is 1. The van der Waals surface area contributed by atoms with Crippen molar-refractivity contribution >= 4 is 12.1 Å². The largest absolute Gasteiger partial charge is 0.493 e. The number of fused-ring (bicyclic) bond motifs is 1. The first-order chi connectivity index (χ1) is 14.2. The maximum Gasteiger partial charge on any atom is 0.214 e. The molecular formula is C22H28N2O5. The van der Waals surface area contributed by atoms with Crippen LogP contribution in [0.2, 0.25) is 0 Å². The Labute approximate surface area is 171 Å². The normalized spacial score (nSPS) is 13.7. The number of carbonyl (C=O) groups is 1. The van der Waals surface area contributed by atoms with Gasteiger partial charge in [0.05, 0.1) is 19.9 Å². The summed E-state index contributed by atoms with van der Waals surface area (Å²) in [6.07, 6.45) is 1.79. The first-order valence-electron chi connectivity index (χ1n) is 9.72. The van der Waals surface area contributed by atoms with Crippen LogP contribution in [-0.4, -0.2) is 58.1 Å². The van der Waals surface area contributed by atoms with Crippen LogP contribution < -0.4 is 24.4 Å². The average Bonchev–Trinajstić information content (AvgIpc) is 3.18. The van der Waals surface area contributed by atoms with Crippen molar-refractivity contribution in [2.24, 2.45) is 0 Å². The van der Waals surface area contributed by atoms with Gasteiger partial charge < -0.3 is 29.5 Å². The summed E-state index contributed by atoms with van der Waals surface area (Å²) in [6, 6.07) is 11.5. The Hall–Kier alpha value is -2.77. The number of aliphatic hydroxyl groups is 1. The molecule has 1 aliphatic heterocycles. The molecule has 0 fully saturated rings. The van der Waals surface area contributed by atoms with Gasteiger partial charge >= 0.3 is 0 Å². The second kappa shape index (κ2) is 10.1. The Balaban J connectivity index is 1.42. The van der Waals surface area contributed by atoms with Gasteiger partial charge in [0.15, 0.2) is 11.5 Å². The summed E-state index contributed by atoms with van der Waals surface area (Å²) in [6.45, 7) is 2.02. The average molecular weight is 400 g/mol. The first kappa shape index (κ1) is 21.0. The molecule has 29 heavy (non-hydrogen) atoms. The molecule has 1 heterocycles. The summed E-state index contributed by atoms with van der Waals surface area (Å²) in [5.74, 6) is 2.15. The van der Waals surface area contributed by atoms with Crippen LogP contribution in [0.4, 0.5) is 5.69 Å². The number of aliphatic hydroxyl groups excluding tert-OH is 1. The van der Waals surface area contributed by atoms with Crippen molar-refractivity contribution in [3.8, 4) is 17.2 Å². The summed E-state index contributed by atoms with van der Waals surface area (Å²) in [5, 5.41) is 13.5. The Kier molecular flexibility index (Phi) is 7.32. The topological polar surface area (TPSA) is 80.3 Å². The van der Waals surface area contributed by atoms with E-state index in [0.29, 0.717) is 24.6 Å². The number of hydrogen-bond acceptors (Lipinski definition) is 6. The molecule has 1 unspecified atom stereocenters. The van der Waals surface area contributed by atoms with Crippen LogP contribution in [0.5, 0.6) is 17.2 Å². The highest BCUT2D eigenvalue weighted by molar-refractivity contribution is 5.81. The number of anilines is 1. The summed E-state index contributed by atoms with van der Waals surface area (Å²) in [4.78, 5) is 12.8. The van der Waals surface area contributed by atoms with Gasteiger partial charge in [-0.25, -0.2) is 0 Å². The van der Waals surface area contributed by atoms with Crippen LogP contribution in [0.3, 0.4) is 0 Å². The standard InChI is InChI=1S/C22H28N2O5/c1-27-21-7-6-16(12-22(21)28-2)8-10-23-13-17(26)14-29-20-5-3-4-19-18(20)9-11-24(19)15-25/h3-7,12,15,17,23,26H,8-11,13-14H2,1-2H3. The quantitative estimate of drug-likeness (QED) is 0.442. The smallest absolute Gasteiger partial charge is 0.214 e. The van der Waals surface area contributed by atoms with Crippen molar-refractivity contribution in [2.45, 2.75) is 18.9 Å². The third kappa shape index (κ3) is 5.19. The lowest BCUT2D eigenvalue weighted by atomic mass is 10.1. The number of hydrogen-bond donors (Lipinski definition) is 2. The molecule has 1 amide bonds. The summed E-state index contributed by atoms with van der Waals surface area (Å²) >= 11 is 0. The van der Waals surface area contributed by atoms with Crippen LogP contribution in [0, 0.1) is 0 Å². The molecule has 0 aliphatic carbocycles. The lowest BCUT2D eigenvalue weighted by molar-refractivity contribution is -0.107.